The summed E-state index contributed by atoms with van der Waals surface area (Å²) < 4.78 is 2.42. The molecule has 2 rings (SSSR count). The van der Waals surface area contributed by atoms with E-state index in [9.17, 15) is 4.79 Å². The number of carbonyl (C=O) groups is 1. The van der Waals surface area contributed by atoms with Gasteiger partial charge in [0.1, 0.15) is 0 Å². The number of rotatable bonds is 2. The van der Waals surface area contributed by atoms with Gasteiger partial charge in [-0.1, -0.05) is 6.92 Å². The Labute approximate surface area is 103 Å². The number of carbonyl (C=O) groups excluding carboxylic acids is 1. The topological polar surface area (TPSA) is 25.2 Å². The second-order valence-electron chi connectivity index (χ2n) is 4.95. The van der Waals surface area contributed by atoms with Crippen LogP contribution in [0.3, 0.4) is 0 Å². The van der Waals surface area contributed by atoms with Gasteiger partial charge in [0, 0.05) is 36.9 Å². The number of piperidine rings is 1. The molecule has 17 heavy (non-hydrogen) atoms. The molecule has 3 nitrogen and oxygen atoms in total. The van der Waals surface area contributed by atoms with Crippen molar-refractivity contribution in [2.75, 3.05) is 13.1 Å². The van der Waals surface area contributed by atoms with Gasteiger partial charge in [-0.05, 0) is 38.8 Å². The van der Waals surface area contributed by atoms with E-state index in [1.807, 2.05) is 11.8 Å². The van der Waals surface area contributed by atoms with Crippen molar-refractivity contribution in [2.24, 2.45) is 0 Å². The number of hydrogen-bond acceptors (Lipinski definition) is 1. The lowest BCUT2D eigenvalue weighted by molar-refractivity contribution is -0.132. The molecule has 0 atom stereocenters. The van der Waals surface area contributed by atoms with Crippen molar-refractivity contribution >= 4 is 5.91 Å². The van der Waals surface area contributed by atoms with Crippen molar-refractivity contribution in [1.29, 1.82) is 0 Å². The number of aryl methyl sites for hydroxylation is 2. The highest BCUT2D eigenvalue weighted by Gasteiger charge is 2.23. The maximum Gasteiger partial charge on any atom is 0.222 e. The molecule has 1 amide bonds. The number of aromatic nitrogens is 1. The van der Waals surface area contributed by atoms with Crippen molar-refractivity contribution in [3.05, 3.63) is 23.5 Å². The number of likely N-dealkylation sites (tertiary alicyclic amines) is 1. The third kappa shape index (κ3) is 2.38. The largest absolute Gasteiger partial charge is 0.346 e. The summed E-state index contributed by atoms with van der Waals surface area (Å²) in [5.41, 5.74) is 2.67. The average molecular weight is 234 g/mol. The van der Waals surface area contributed by atoms with Crippen LogP contribution >= 0.6 is 0 Å². The van der Waals surface area contributed by atoms with Gasteiger partial charge in [0.2, 0.25) is 5.91 Å². The van der Waals surface area contributed by atoms with Crippen molar-refractivity contribution in [2.45, 2.75) is 46.1 Å². The number of hydrogen-bond donors (Lipinski definition) is 0. The van der Waals surface area contributed by atoms with Crippen LogP contribution in [-0.2, 0) is 4.79 Å². The molecule has 0 radical (unpaired) electrons. The monoisotopic (exact) mass is 234 g/mol. The highest BCUT2D eigenvalue weighted by atomic mass is 16.2. The summed E-state index contributed by atoms with van der Waals surface area (Å²) >= 11 is 0. The minimum absolute atomic E-state index is 0.296. The van der Waals surface area contributed by atoms with Crippen LogP contribution in [0.1, 0.15) is 43.6 Å². The zero-order valence-electron chi connectivity index (χ0n) is 11.1. The first-order chi connectivity index (χ1) is 8.13. The van der Waals surface area contributed by atoms with Gasteiger partial charge < -0.3 is 9.47 Å². The smallest absolute Gasteiger partial charge is 0.222 e. The molecule has 2 heterocycles. The van der Waals surface area contributed by atoms with E-state index in [1.165, 1.54) is 11.4 Å². The lowest BCUT2D eigenvalue weighted by atomic mass is 10.0. The van der Waals surface area contributed by atoms with Gasteiger partial charge in [0.15, 0.2) is 0 Å². The zero-order chi connectivity index (χ0) is 12.4. The van der Waals surface area contributed by atoms with E-state index >= 15 is 0 Å². The van der Waals surface area contributed by atoms with Crippen molar-refractivity contribution in [3.63, 3.8) is 0 Å². The molecule has 0 spiro atoms. The van der Waals surface area contributed by atoms with E-state index in [-0.39, 0.29) is 0 Å². The maximum atomic E-state index is 11.6. The highest BCUT2D eigenvalue weighted by Crippen LogP contribution is 2.26. The average Bonchev–Trinajstić information content (AvgIpc) is 2.68. The predicted octanol–water partition coefficient (Wildman–Crippen LogP) is 2.68. The first kappa shape index (κ1) is 12.2. The van der Waals surface area contributed by atoms with Crippen LogP contribution in [0.25, 0.3) is 0 Å². The molecule has 1 fully saturated rings. The van der Waals surface area contributed by atoms with E-state index in [2.05, 4.69) is 30.5 Å². The molecule has 0 aromatic carbocycles. The fourth-order valence-electron chi connectivity index (χ4n) is 2.85. The van der Waals surface area contributed by atoms with Gasteiger partial charge in [-0.15, -0.1) is 0 Å². The summed E-state index contributed by atoms with van der Waals surface area (Å²) in [5.74, 6) is 0.296. The molecule has 3 heteroatoms. The van der Waals surface area contributed by atoms with Crippen LogP contribution in [0.4, 0.5) is 0 Å². The molecule has 1 aliphatic heterocycles. The van der Waals surface area contributed by atoms with Crippen LogP contribution in [0.15, 0.2) is 12.1 Å². The summed E-state index contributed by atoms with van der Waals surface area (Å²) in [6, 6.07) is 4.93. The van der Waals surface area contributed by atoms with E-state index in [4.69, 9.17) is 0 Å². The Morgan fingerprint density at radius 2 is 1.76 bits per heavy atom. The first-order valence-electron chi connectivity index (χ1n) is 6.55. The lowest BCUT2D eigenvalue weighted by Gasteiger charge is -2.34. The van der Waals surface area contributed by atoms with Gasteiger partial charge in [-0.25, -0.2) is 0 Å². The Morgan fingerprint density at radius 3 is 2.24 bits per heavy atom. The number of nitrogens with zero attached hydrogens (tertiary/aromatic N) is 2. The van der Waals surface area contributed by atoms with Crippen molar-refractivity contribution in [3.8, 4) is 0 Å². The normalized spacial score (nSPS) is 17.5. The Hall–Kier alpha value is -1.25. The molecule has 1 aromatic heterocycles. The van der Waals surface area contributed by atoms with Gasteiger partial charge >= 0.3 is 0 Å². The predicted molar refractivity (Wildman–Crippen MR) is 69.0 cm³/mol. The lowest BCUT2D eigenvalue weighted by Crippen LogP contribution is -2.38. The zero-order valence-corrected chi connectivity index (χ0v) is 11.1. The second-order valence-corrected chi connectivity index (χ2v) is 4.95. The summed E-state index contributed by atoms with van der Waals surface area (Å²) in [6.07, 6.45) is 2.80. The molecule has 0 saturated carbocycles. The van der Waals surface area contributed by atoms with Gasteiger partial charge in [0.05, 0.1) is 0 Å². The molecule has 0 bridgehead atoms. The SMILES string of the molecule is CCC(=O)N1CCC(n2c(C)ccc2C)CC1. The van der Waals surface area contributed by atoms with Gasteiger partial charge in [0.25, 0.3) is 0 Å². The van der Waals surface area contributed by atoms with Crippen LogP contribution < -0.4 is 0 Å². The summed E-state index contributed by atoms with van der Waals surface area (Å²) in [6.45, 7) is 8.09. The third-order valence-electron chi connectivity index (χ3n) is 3.81. The number of amides is 1. The first-order valence-corrected chi connectivity index (χ1v) is 6.55. The Morgan fingerprint density at radius 1 is 1.24 bits per heavy atom. The van der Waals surface area contributed by atoms with E-state index in [0.717, 1.165) is 25.9 Å². The molecule has 0 unspecified atom stereocenters. The fraction of sp³-hybridized carbons (Fsp3) is 0.643. The van der Waals surface area contributed by atoms with Gasteiger partial charge in [-0.2, -0.15) is 0 Å². The minimum atomic E-state index is 0.296. The molecule has 0 N–H and O–H groups in total. The Balaban J connectivity index is 2.02. The van der Waals surface area contributed by atoms with Crippen LogP contribution in [-0.4, -0.2) is 28.5 Å². The second kappa shape index (κ2) is 4.94. The minimum Gasteiger partial charge on any atom is -0.346 e. The summed E-state index contributed by atoms with van der Waals surface area (Å²) in [4.78, 5) is 13.6. The molecule has 0 aliphatic carbocycles. The highest BCUT2D eigenvalue weighted by molar-refractivity contribution is 5.75. The van der Waals surface area contributed by atoms with E-state index in [1.54, 1.807) is 0 Å². The Kier molecular flexibility index (Phi) is 3.55. The molecule has 1 saturated heterocycles. The maximum absolute atomic E-state index is 11.6. The standard InChI is InChI=1S/C14H22N2O/c1-4-14(17)15-9-7-13(8-10-15)16-11(2)5-6-12(16)3/h5-6,13H,4,7-10H2,1-3H3. The van der Waals surface area contributed by atoms with Crippen molar-refractivity contribution in [1.82, 2.24) is 9.47 Å². The summed E-state index contributed by atoms with van der Waals surface area (Å²) in [5, 5.41) is 0. The molecule has 1 aromatic rings. The molecule has 94 valence electrons. The van der Waals surface area contributed by atoms with E-state index in [0.29, 0.717) is 18.4 Å². The van der Waals surface area contributed by atoms with Crippen LogP contribution in [0.5, 0.6) is 0 Å². The third-order valence-corrected chi connectivity index (χ3v) is 3.81. The molecular weight excluding hydrogens is 212 g/mol. The van der Waals surface area contributed by atoms with Crippen molar-refractivity contribution < 1.29 is 4.79 Å². The van der Waals surface area contributed by atoms with E-state index < -0.39 is 0 Å². The van der Waals surface area contributed by atoms with Crippen LogP contribution in [0.2, 0.25) is 0 Å². The fourth-order valence-corrected chi connectivity index (χ4v) is 2.85. The summed E-state index contributed by atoms with van der Waals surface area (Å²) in [7, 11) is 0. The Bertz CT molecular complexity index is 381. The van der Waals surface area contributed by atoms with Gasteiger partial charge in [-0.3, -0.25) is 4.79 Å². The quantitative estimate of drug-likeness (QED) is 0.772. The molecule has 1 aliphatic rings. The molecular formula is C14H22N2O. The van der Waals surface area contributed by atoms with Crippen LogP contribution in [0, 0.1) is 13.8 Å².